The van der Waals surface area contributed by atoms with E-state index in [1.165, 1.54) is 18.2 Å². The van der Waals surface area contributed by atoms with Gasteiger partial charge in [0.1, 0.15) is 0 Å². The summed E-state index contributed by atoms with van der Waals surface area (Å²) in [5.41, 5.74) is -0.222. The first-order chi connectivity index (χ1) is 12.8. The molecule has 0 saturated heterocycles. The van der Waals surface area contributed by atoms with E-state index in [4.69, 9.17) is 11.6 Å². The Morgan fingerprint density at radius 2 is 1.70 bits per heavy atom. The topological polar surface area (TPSA) is 66.9 Å². The summed E-state index contributed by atoms with van der Waals surface area (Å²) in [6.45, 7) is 0. The van der Waals surface area contributed by atoms with Gasteiger partial charge in [-0.15, -0.1) is 0 Å². The molecular weight excluding hydrogens is 381 g/mol. The Bertz CT molecular complexity index is 964. The summed E-state index contributed by atoms with van der Waals surface area (Å²) < 4.78 is 38.8. The van der Waals surface area contributed by atoms with Gasteiger partial charge in [-0.1, -0.05) is 17.7 Å². The van der Waals surface area contributed by atoms with Crippen molar-refractivity contribution >= 4 is 34.8 Å². The maximum Gasteiger partial charge on any atom is 0.417 e. The van der Waals surface area contributed by atoms with Crippen LogP contribution in [0.15, 0.2) is 60.9 Å². The van der Waals surface area contributed by atoms with Gasteiger partial charge in [0.05, 0.1) is 10.6 Å². The van der Waals surface area contributed by atoms with Crippen LogP contribution in [0.3, 0.4) is 0 Å². The van der Waals surface area contributed by atoms with Crippen LogP contribution in [0.2, 0.25) is 5.02 Å². The van der Waals surface area contributed by atoms with Crippen molar-refractivity contribution in [1.82, 2.24) is 9.97 Å². The van der Waals surface area contributed by atoms with Gasteiger partial charge in [0.2, 0.25) is 5.95 Å². The van der Waals surface area contributed by atoms with Crippen LogP contribution in [0.25, 0.3) is 0 Å². The molecule has 0 unspecified atom stereocenters. The van der Waals surface area contributed by atoms with E-state index in [9.17, 15) is 18.0 Å². The van der Waals surface area contributed by atoms with Gasteiger partial charge in [0, 0.05) is 29.3 Å². The first kappa shape index (κ1) is 18.7. The fourth-order valence-electron chi connectivity index (χ4n) is 2.25. The molecule has 3 rings (SSSR count). The van der Waals surface area contributed by atoms with Crippen LogP contribution in [-0.4, -0.2) is 15.9 Å². The molecule has 3 aromatic rings. The van der Waals surface area contributed by atoms with E-state index >= 15 is 0 Å². The lowest BCUT2D eigenvalue weighted by Gasteiger charge is -2.12. The molecule has 0 aliphatic carbocycles. The normalized spacial score (nSPS) is 11.1. The Morgan fingerprint density at radius 3 is 2.41 bits per heavy atom. The highest BCUT2D eigenvalue weighted by Gasteiger charge is 2.33. The second-order valence-corrected chi connectivity index (χ2v) is 5.83. The van der Waals surface area contributed by atoms with Crippen LogP contribution in [0.1, 0.15) is 15.9 Å². The van der Waals surface area contributed by atoms with Gasteiger partial charge in [-0.25, -0.2) is 9.97 Å². The van der Waals surface area contributed by atoms with E-state index in [2.05, 4.69) is 20.6 Å². The van der Waals surface area contributed by atoms with Crippen molar-refractivity contribution < 1.29 is 18.0 Å². The third-order valence-corrected chi connectivity index (χ3v) is 3.81. The highest BCUT2D eigenvalue weighted by atomic mass is 35.5. The van der Waals surface area contributed by atoms with E-state index in [1.54, 1.807) is 30.6 Å². The smallest absolute Gasteiger partial charge is 0.324 e. The molecule has 0 aliphatic rings. The number of amides is 1. The zero-order valence-corrected chi connectivity index (χ0v) is 14.3. The molecule has 0 bridgehead atoms. The SMILES string of the molecule is O=C(Nc1ccc(Cl)c(C(F)(F)F)c1)c1cccc(Nc2ncccn2)c1. The standard InChI is InChI=1S/C18H12ClF3N4O/c19-15-6-5-13(10-14(15)18(20,21)22)25-16(27)11-3-1-4-12(9-11)26-17-23-7-2-8-24-17/h1-10H,(H,25,27)(H,23,24,26). The minimum absolute atomic E-state index is 0.0125. The molecule has 0 aliphatic heterocycles. The molecule has 27 heavy (non-hydrogen) atoms. The second-order valence-electron chi connectivity index (χ2n) is 5.42. The number of rotatable bonds is 4. The Hall–Kier alpha value is -3.13. The highest BCUT2D eigenvalue weighted by molar-refractivity contribution is 6.31. The summed E-state index contributed by atoms with van der Waals surface area (Å²) in [7, 11) is 0. The fraction of sp³-hybridized carbons (Fsp3) is 0.0556. The number of benzene rings is 2. The number of anilines is 3. The maximum absolute atomic E-state index is 12.9. The molecule has 5 nitrogen and oxygen atoms in total. The summed E-state index contributed by atoms with van der Waals surface area (Å²) in [5, 5.41) is 4.93. The minimum Gasteiger partial charge on any atom is -0.324 e. The lowest BCUT2D eigenvalue weighted by Crippen LogP contribution is -2.13. The summed E-state index contributed by atoms with van der Waals surface area (Å²) >= 11 is 5.58. The van der Waals surface area contributed by atoms with Crippen molar-refractivity contribution in [1.29, 1.82) is 0 Å². The molecule has 9 heteroatoms. The molecule has 0 spiro atoms. The molecule has 2 aromatic carbocycles. The third kappa shape index (κ3) is 4.73. The van der Waals surface area contributed by atoms with Crippen LogP contribution < -0.4 is 10.6 Å². The third-order valence-electron chi connectivity index (χ3n) is 3.48. The zero-order valence-electron chi connectivity index (χ0n) is 13.6. The predicted molar refractivity (Wildman–Crippen MR) is 96.2 cm³/mol. The molecule has 2 N–H and O–H groups in total. The number of nitrogens with zero attached hydrogens (tertiary/aromatic N) is 2. The van der Waals surface area contributed by atoms with Crippen LogP contribution in [-0.2, 0) is 6.18 Å². The van der Waals surface area contributed by atoms with E-state index in [0.717, 1.165) is 12.1 Å². The lowest BCUT2D eigenvalue weighted by atomic mass is 10.1. The summed E-state index contributed by atoms with van der Waals surface area (Å²) in [4.78, 5) is 20.4. The first-order valence-electron chi connectivity index (χ1n) is 7.65. The number of aromatic nitrogens is 2. The number of carbonyl (C=O) groups excluding carboxylic acids is 1. The summed E-state index contributed by atoms with van der Waals surface area (Å²) in [5.74, 6) is -0.217. The molecule has 0 radical (unpaired) electrons. The van der Waals surface area contributed by atoms with Crippen LogP contribution in [0, 0.1) is 0 Å². The van der Waals surface area contributed by atoms with Crippen molar-refractivity contribution in [3.8, 4) is 0 Å². The van der Waals surface area contributed by atoms with Crippen LogP contribution >= 0.6 is 11.6 Å². The van der Waals surface area contributed by atoms with Gasteiger partial charge in [-0.3, -0.25) is 4.79 Å². The fourth-order valence-corrected chi connectivity index (χ4v) is 2.48. The lowest BCUT2D eigenvalue weighted by molar-refractivity contribution is -0.137. The van der Waals surface area contributed by atoms with Crippen molar-refractivity contribution in [2.75, 3.05) is 10.6 Å². The molecule has 1 heterocycles. The highest BCUT2D eigenvalue weighted by Crippen LogP contribution is 2.36. The van der Waals surface area contributed by atoms with Gasteiger partial charge >= 0.3 is 6.18 Å². The summed E-state index contributed by atoms with van der Waals surface area (Å²) in [6, 6.07) is 11.2. The molecule has 1 amide bonds. The number of hydrogen-bond acceptors (Lipinski definition) is 4. The van der Waals surface area contributed by atoms with Crippen molar-refractivity contribution in [3.63, 3.8) is 0 Å². The number of alkyl halides is 3. The monoisotopic (exact) mass is 392 g/mol. The number of halogens is 4. The maximum atomic E-state index is 12.9. The largest absolute Gasteiger partial charge is 0.417 e. The number of hydrogen-bond donors (Lipinski definition) is 2. The van der Waals surface area contributed by atoms with E-state index in [-0.39, 0.29) is 11.3 Å². The predicted octanol–water partition coefficient (Wildman–Crippen LogP) is 5.14. The quantitative estimate of drug-likeness (QED) is 0.644. The van der Waals surface area contributed by atoms with Gasteiger partial charge < -0.3 is 10.6 Å². The molecular formula is C18H12ClF3N4O. The van der Waals surface area contributed by atoms with Gasteiger partial charge in [0.15, 0.2) is 0 Å². The van der Waals surface area contributed by atoms with Gasteiger partial charge in [-0.2, -0.15) is 13.2 Å². The summed E-state index contributed by atoms with van der Waals surface area (Å²) in [6.07, 6.45) is -1.49. The van der Waals surface area contributed by atoms with Crippen molar-refractivity contribution in [2.45, 2.75) is 6.18 Å². The Balaban J connectivity index is 1.78. The van der Waals surface area contributed by atoms with Gasteiger partial charge in [-0.05, 0) is 42.5 Å². The first-order valence-corrected chi connectivity index (χ1v) is 8.03. The molecule has 0 fully saturated rings. The second kappa shape index (κ2) is 7.63. The van der Waals surface area contributed by atoms with E-state index in [0.29, 0.717) is 11.6 Å². The average molecular weight is 393 g/mol. The molecule has 0 saturated carbocycles. The zero-order chi connectivity index (χ0) is 19.4. The molecule has 138 valence electrons. The Morgan fingerprint density at radius 1 is 0.963 bits per heavy atom. The van der Waals surface area contributed by atoms with Crippen molar-refractivity contribution in [2.24, 2.45) is 0 Å². The number of nitrogens with one attached hydrogen (secondary N) is 2. The minimum atomic E-state index is -4.61. The Labute approximate surface area is 157 Å². The molecule has 0 atom stereocenters. The van der Waals surface area contributed by atoms with E-state index in [1.807, 2.05) is 0 Å². The average Bonchev–Trinajstić information content (AvgIpc) is 2.63. The van der Waals surface area contributed by atoms with Gasteiger partial charge in [0.25, 0.3) is 5.91 Å². The Kier molecular flexibility index (Phi) is 5.27. The van der Waals surface area contributed by atoms with E-state index < -0.39 is 22.7 Å². The molecule has 1 aromatic heterocycles. The van der Waals surface area contributed by atoms with Crippen molar-refractivity contribution in [3.05, 3.63) is 77.1 Å². The van der Waals surface area contributed by atoms with Crippen LogP contribution in [0.4, 0.5) is 30.5 Å². The number of carbonyl (C=O) groups is 1. The van der Waals surface area contributed by atoms with Crippen LogP contribution in [0.5, 0.6) is 0 Å².